The molecule has 0 heterocycles. The molecule has 2 rings (SSSR count). The van der Waals surface area contributed by atoms with E-state index in [0.717, 1.165) is 5.56 Å². The summed E-state index contributed by atoms with van der Waals surface area (Å²) in [5.74, 6) is 0.0774. The molecule has 0 aliphatic heterocycles. The zero-order valence-electron chi connectivity index (χ0n) is 14.6. The van der Waals surface area contributed by atoms with Crippen LogP contribution in [0.15, 0.2) is 54.6 Å². The number of ketones is 1. The van der Waals surface area contributed by atoms with Gasteiger partial charge in [0.15, 0.2) is 5.78 Å². The second-order valence-corrected chi connectivity index (χ2v) is 7.77. The summed E-state index contributed by atoms with van der Waals surface area (Å²) >= 11 is 0. The van der Waals surface area contributed by atoms with Crippen LogP contribution in [0.4, 0.5) is 5.69 Å². The Balaban J connectivity index is 1.74. The lowest BCUT2D eigenvalue weighted by molar-refractivity contribution is 0.0978. The lowest BCUT2D eigenvalue weighted by Gasteiger charge is -2.24. The minimum absolute atomic E-state index is 0.0774. The van der Waals surface area contributed by atoms with Gasteiger partial charge in [-0.1, -0.05) is 48.0 Å². The maximum Gasteiger partial charge on any atom is 0.432 e. The molecule has 134 valence electrons. The van der Waals surface area contributed by atoms with E-state index in [-0.39, 0.29) is 12.4 Å². The number of Topliss-reactive ketones (excluding diaryl/α,β-unsaturated/α-hetero) is 1. The van der Waals surface area contributed by atoms with Gasteiger partial charge in [0.1, 0.15) is 0 Å². The van der Waals surface area contributed by atoms with Gasteiger partial charge >= 0.3 is 7.75 Å². The van der Waals surface area contributed by atoms with Gasteiger partial charge in [0.2, 0.25) is 0 Å². The second-order valence-electron chi connectivity index (χ2n) is 5.93. The first-order chi connectivity index (χ1) is 11.9. The fraction of sp³-hybridized carbons (Fsp3) is 0.316. The van der Waals surface area contributed by atoms with Crippen molar-refractivity contribution in [3.05, 3.63) is 65.7 Å². The summed E-state index contributed by atoms with van der Waals surface area (Å²) in [7, 11) is -2.36. The number of benzene rings is 2. The Morgan fingerprint density at radius 3 is 2.36 bits per heavy atom. The minimum atomic E-state index is -3.88. The van der Waals surface area contributed by atoms with Crippen LogP contribution in [0.3, 0.4) is 0 Å². The summed E-state index contributed by atoms with van der Waals surface area (Å²) in [6.45, 7) is 2.11. The van der Waals surface area contributed by atoms with Gasteiger partial charge in [0.05, 0.1) is 6.61 Å². The fourth-order valence-electron chi connectivity index (χ4n) is 2.33. The molecular formula is C19H24NO4P. The topological polar surface area (TPSA) is 66.8 Å². The van der Waals surface area contributed by atoms with Crippen LogP contribution in [0, 0.1) is 6.92 Å². The molecule has 6 heteroatoms. The average Bonchev–Trinajstić information content (AvgIpc) is 2.62. The van der Waals surface area contributed by atoms with E-state index in [4.69, 9.17) is 4.52 Å². The molecule has 0 saturated heterocycles. The van der Waals surface area contributed by atoms with E-state index >= 15 is 0 Å². The van der Waals surface area contributed by atoms with Crippen molar-refractivity contribution in [2.24, 2.45) is 0 Å². The summed E-state index contributed by atoms with van der Waals surface area (Å²) in [5, 5.41) is 0. The third-order valence-corrected chi connectivity index (χ3v) is 5.45. The smallest absolute Gasteiger partial charge is 0.308 e. The molecule has 2 aromatic carbocycles. The van der Waals surface area contributed by atoms with E-state index in [1.54, 1.807) is 24.3 Å². The summed E-state index contributed by atoms with van der Waals surface area (Å²) in [5.41, 5.74) is 2.43. The third-order valence-electron chi connectivity index (χ3n) is 3.94. The van der Waals surface area contributed by atoms with Crippen LogP contribution in [0.25, 0.3) is 0 Å². The quantitative estimate of drug-likeness (QED) is 0.402. The number of unbranched alkanes of at least 4 members (excludes halogenated alkanes) is 1. The van der Waals surface area contributed by atoms with Gasteiger partial charge in [0.25, 0.3) is 0 Å². The van der Waals surface area contributed by atoms with E-state index in [2.05, 4.69) is 0 Å². The van der Waals surface area contributed by atoms with E-state index < -0.39 is 7.75 Å². The Bertz CT molecular complexity index is 731. The van der Waals surface area contributed by atoms with Gasteiger partial charge in [-0.15, -0.1) is 0 Å². The Hall–Kier alpha value is -1.94. The molecule has 5 nitrogen and oxygen atoms in total. The van der Waals surface area contributed by atoms with Crippen LogP contribution < -0.4 is 4.67 Å². The molecule has 0 fully saturated rings. The first-order valence-corrected chi connectivity index (χ1v) is 9.79. The molecular weight excluding hydrogens is 337 g/mol. The molecule has 0 spiro atoms. The molecule has 0 aromatic heterocycles. The van der Waals surface area contributed by atoms with E-state index in [1.807, 2.05) is 37.3 Å². The molecule has 2 aromatic rings. The number of para-hydroxylation sites is 1. The largest absolute Gasteiger partial charge is 0.432 e. The summed E-state index contributed by atoms with van der Waals surface area (Å²) in [6, 6.07) is 16.4. The number of carbonyl (C=O) groups excluding carboxylic acids is 1. The van der Waals surface area contributed by atoms with Crippen molar-refractivity contribution >= 4 is 19.2 Å². The predicted molar refractivity (Wildman–Crippen MR) is 100.0 cm³/mol. The zero-order chi connectivity index (χ0) is 18.3. The fourth-order valence-corrected chi connectivity index (χ4v) is 3.30. The van der Waals surface area contributed by atoms with Gasteiger partial charge in [0, 0.05) is 24.7 Å². The molecule has 0 amide bonds. The van der Waals surface area contributed by atoms with Crippen molar-refractivity contribution in [1.29, 1.82) is 0 Å². The third kappa shape index (κ3) is 5.82. The highest BCUT2D eigenvalue weighted by molar-refractivity contribution is 7.54. The van der Waals surface area contributed by atoms with Crippen molar-refractivity contribution in [3.8, 4) is 0 Å². The van der Waals surface area contributed by atoms with Crippen molar-refractivity contribution in [1.82, 2.24) is 0 Å². The molecule has 1 N–H and O–H groups in total. The molecule has 0 aliphatic rings. The van der Waals surface area contributed by atoms with Crippen LogP contribution in [0.1, 0.15) is 35.2 Å². The predicted octanol–water partition coefficient (Wildman–Crippen LogP) is 4.60. The highest BCUT2D eigenvalue weighted by Gasteiger charge is 2.26. The normalized spacial score (nSPS) is 13.2. The van der Waals surface area contributed by atoms with Crippen LogP contribution in [0.5, 0.6) is 0 Å². The van der Waals surface area contributed by atoms with Crippen LogP contribution in [-0.2, 0) is 9.09 Å². The number of nitrogens with zero attached hydrogens (tertiary/aromatic N) is 1. The first-order valence-electron chi connectivity index (χ1n) is 8.26. The lowest BCUT2D eigenvalue weighted by Crippen LogP contribution is -2.15. The number of hydrogen-bond donors (Lipinski definition) is 1. The highest BCUT2D eigenvalue weighted by Crippen LogP contribution is 2.47. The minimum Gasteiger partial charge on any atom is -0.308 e. The van der Waals surface area contributed by atoms with Crippen molar-refractivity contribution in [2.45, 2.75) is 26.2 Å². The molecule has 0 saturated carbocycles. The first kappa shape index (κ1) is 19.4. The summed E-state index contributed by atoms with van der Waals surface area (Å²) in [4.78, 5) is 22.1. The van der Waals surface area contributed by atoms with Gasteiger partial charge < -0.3 is 4.89 Å². The molecule has 0 radical (unpaired) electrons. The number of anilines is 1. The van der Waals surface area contributed by atoms with E-state index in [0.29, 0.717) is 30.5 Å². The summed E-state index contributed by atoms with van der Waals surface area (Å²) < 4.78 is 18.7. The molecule has 0 bridgehead atoms. The van der Waals surface area contributed by atoms with Crippen molar-refractivity contribution in [3.63, 3.8) is 0 Å². The number of rotatable bonds is 9. The van der Waals surface area contributed by atoms with Gasteiger partial charge in [-0.2, -0.15) is 0 Å². The maximum atomic E-state index is 12.3. The Morgan fingerprint density at radius 2 is 1.72 bits per heavy atom. The summed E-state index contributed by atoms with van der Waals surface area (Å²) in [6.07, 6.45) is 1.56. The maximum absolute atomic E-state index is 12.3. The Labute approximate surface area is 148 Å². The van der Waals surface area contributed by atoms with Crippen molar-refractivity contribution < 1.29 is 18.8 Å². The lowest BCUT2D eigenvalue weighted by atomic mass is 10.0. The number of carbonyl (C=O) groups is 1. The second kappa shape index (κ2) is 8.95. The standard InChI is InChI=1S/C19H24NO4P/c1-16-11-13-17(14-12-16)19(21)10-6-7-15-24-25(22,23)20(2)18-8-4-3-5-9-18/h3-5,8-9,11-14H,6-7,10,15H2,1-2H3,(H,22,23). The van der Waals surface area contributed by atoms with E-state index in [9.17, 15) is 14.3 Å². The van der Waals surface area contributed by atoms with E-state index in [1.165, 1.54) is 11.7 Å². The van der Waals surface area contributed by atoms with Crippen LogP contribution in [0.2, 0.25) is 0 Å². The SMILES string of the molecule is Cc1ccc(C(=O)CCCCOP(=O)(O)N(C)c2ccccc2)cc1. The van der Waals surface area contributed by atoms with Crippen LogP contribution in [-0.4, -0.2) is 24.3 Å². The number of hydrogen-bond acceptors (Lipinski definition) is 3. The molecule has 1 unspecified atom stereocenters. The van der Waals surface area contributed by atoms with Gasteiger partial charge in [-0.25, -0.2) is 4.57 Å². The highest BCUT2D eigenvalue weighted by atomic mass is 31.2. The monoisotopic (exact) mass is 361 g/mol. The average molecular weight is 361 g/mol. The Kier molecular flexibility index (Phi) is 6.94. The van der Waals surface area contributed by atoms with Gasteiger partial charge in [-0.05, 0) is 31.9 Å². The molecule has 25 heavy (non-hydrogen) atoms. The Morgan fingerprint density at radius 1 is 1.08 bits per heavy atom. The number of aryl methyl sites for hydroxylation is 1. The van der Waals surface area contributed by atoms with Gasteiger partial charge in [-0.3, -0.25) is 14.0 Å². The molecule has 1 atom stereocenters. The zero-order valence-corrected chi connectivity index (χ0v) is 15.5. The molecule has 0 aliphatic carbocycles. The van der Waals surface area contributed by atoms with Crippen molar-refractivity contribution in [2.75, 3.05) is 18.3 Å². The van der Waals surface area contributed by atoms with Crippen LogP contribution >= 0.6 is 7.75 Å².